The SMILES string of the molecule is CN1C(=S)N(c2ccc(C#N)c(C(F)(F)F)c2)C(=N)C12CCC2. The molecule has 1 aliphatic heterocycles. The predicted octanol–water partition coefficient (Wildman–Crippen LogP) is 3.51. The molecule has 1 aromatic rings. The van der Waals surface area contributed by atoms with E-state index >= 15 is 0 Å². The van der Waals surface area contributed by atoms with Gasteiger partial charge in [-0.25, -0.2) is 0 Å². The molecule has 1 aromatic carbocycles. The molecular weight excluding hydrogens is 325 g/mol. The summed E-state index contributed by atoms with van der Waals surface area (Å²) in [6, 6.07) is 4.98. The Balaban J connectivity index is 2.08. The number of anilines is 1. The number of rotatable bonds is 1. The van der Waals surface area contributed by atoms with E-state index in [1.54, 1.807) is 18.0 Å². The van der Waals surface area contributed by atoms with E-state index in [2.05, 4.69) is 0 Å². The maximum absolute atomic E-state index is 13.1. The number of likely N-dealkylation sites (N-methyl/N-ethyl adjacent to an activating group) is 1. The average molecular weight is 338 g/mol. The van der Waals surface area contributed by atoms with Crippen molar-refractivity contribution < 1.29 is 13.2 Å². The van der Waals surface area contributed by atoms with Gasteiger partial charge >= 0.3 is 6.18 Å². The molecule has 8 heteroatoms. The van der Waals surface area contributed by atoms with Gasteiger partial charge < -0.3 is 4.90 Å². The van der Waals surface area contributed by atoms with Gasteiger partial charge in [0.1, 0.15) is 5.84 Å². The molecule has 3 rings (SSSR count). The van der Waals surface area contributed by atoms with Gasteiger partial charge in [-0.3, -0.25) is 10.3 Å². The van der Waals surface area contributed by atoms with Crippen molar-refractivity contribution in [2.24, 2.45) is 0 Å². The summed E-state index contributed by atoms with van der Waals surface area (Å²) < 4.78 is 39.4. The molecule has 0 radical (unpaired) electrons. The topological polar surface area (TPSA) is 54.1 Å². The minimum atomic E-state index is -4.63. The zero-order valence-corrected chi connectivity index (χ0v) is 13.1. The smallest absolute Gasteiger partial charge is 0.339 e. The Bertz CT molecular complexity index is 746. The molecule has 0 aromatic heterocycles. The number of nitriles is 1. The fraction of sp³-hybridized carbons (Fsp3) is 0.400. The summed E-state index contributed by atoms with van der Waals surface area (Å²) in [7, 11) is 1.77. The number of hydrogen-bond donors (Lipinski definition) is 1. The van der Waals surface area contributed by atoms with E-state index < -0.39 is 22.8 Å². The Morgan fingerprint density at radius 2 is 2.00 bits per heavy atom. The molecule has 1 aliphatic carbocycles. The highest BCUT2D eigenvalue weighted by Gasteiger charge is 2.55. The second-order valence-corrected chi connectivity index (χ2v) is 6.12. The lowest BCUT2D eigenvalue weighted by atomic mass is 9.75. The van der Waals surface area contributed by atoms with Crippen molar-refractivity contribution in [1.29, 1.82) is 10.7 Å². The van der Waals surface area contributed by atoms with Crippen LogP contribution in [0.4, 0.5) is 18.9 Å². The maximum Gasteiger partial charge on any atom is 0.417 e. The molecular formula is C15H13F3N4S. The monoisotopic (exact) mass is 338 g/mol. The minimum absolute atomic E-state index is 0.168. The van der Waals surface area contributed by atoms with Crippen LogP contribution in [-0.2, 0) is 6.18 Å². The van der Waals surface area contributed by atoms with Crippen molar-refractivity contribution in [2.75, 3.05) is 11.9 Å². The third kappa shape index (κ3) is 2.10. The van der Waals surface area contributed by atoms with Crippen LogP contribution in [0.2, 0.25) is 0 Å². The average Bonchev–Trinajstić information content (AvgIpc) is 2.64. The highest BCUT2D eigenvalue weighted by molar-refractivity contribution is 7.80. The van der Waals surface area contributed by atoms with Crippen molar-refractivity contribution in [3.8, 4) is 6.07 Å². The number of amidine groups is 1. The summed E-state index contributed by atoms with van der Waals surface area (Å²) in [4.78, 5) is 3.16. The van der Waals surface area contributed by atoms with Gasteiger partial charge in [0, 0.05) is 7.05 Å². The molecule has 0 unspecified atom stereocenters. The summed E-state index contributed by atoms with van der Waals surface area (Å²) in [6.45, 7) is 0. The first kappa shape index (κ1) is 15.7. The number of nitrogens with one attached hydrogen (secondary N) is 1. The quantitative estimate of drug-likeness (QED) is 0.796. The van der Waals surface area contributed by atoms with E-state index in [9.17, 15) is 13.2 Å². The van der Waals surface area contributed by atoms with Gasteiger partial charge in [0.15, 0.2) is 5.11 Å². The Kier molecular flexibility index (Phi) is 3.37. The number of thiocarbonyl (C=S) groups is 1. The summed E-state index contributed by atoms with van der Waals surface area (Å²) >= 11 is 5.33. The highest BCUT2D eigenvalue weighted by atomic mass is 32.1. The third-order valence-corrected chi connectivity index (χ3v) is 5.11. The largest absolute Gasteiger partial charge is 0.417 e. The van der Waals surface area contributed by atoms with E-state index in [4.69, 9.17) is 22.9 Å². The first-order chi connectivity index (χ1) is 10.7. The number of halogens is 3. The molecule has 1 saturated heterocycles. The summed E-state index contributed by atoms with van der Waals surface area (Å²) in [5, 5.41) is 17.6. The van der Waals surface area contributed by atoms with Crippen LogP contribution in [0.5, 0.6) is 0 Å². The van der Waals surface area contributed by atoms with Gasteiger partial charge in [0.2, 0.25) is 0 Å². The second-order valence-electron chi connectivity index (χ2n) is 5.75. The standard InChI is InChI=1S/C15H13F3N4S/c1-21-13(23)22(12(20)14(21)5-2-6-14)10-4-3-9(8-19)11(7-10)15(16,17)18/h3-4,7,20H,2,5-6H2,1H3. The van der Waals surface area contributed by atoms with Crippen molar-refractivity contribution >= 4 is 28.9 Å². The molecule has 2 aliphatic rings. The van der Waals surface area contributed by atoms with Gasteiger partial charge in [0.05, 0.1) is 28.4 Å². The fourth-order valence-corrected chi connectivity index (χ4v) is 3.49. The van der Waals surface area contributed by atoms with E-state index in [-0.39, 0.29) is 11.5 Å². The Labute approximate surface area is 136 Å². The van der Waals surface area contributed by atoms with Gasteiger partial charge in [-0.15, -0.1) is 0 Å². The first-order valence-corrected chi connectivity index (χ1v) is 7.41. The molecule has 4 nitrogen and oxygen atoms in total. The van der Waals surface area contributed by atoms with Crippen LogP contribution in [0, 0.1) is 16.7 Å². The molecule has 0 atom stereocenters. The molecule has 2 fully saturated rings. The van der Waals surface area contributed by atoms with Gasteiger partial charge in [-0.05, 0) is 49.7 Å². The lowest BCUT2D eigenvalue weighted by Gasteiger charge is -2.42. The van der Waals surface area contributed by atoms with Gasteiger partial charge in [-0.2, -0.15) is 18.4 Å². The summed E-state index contributed by atoms with van der Waals surface area (Å²) in [5.41, 5.74) is -1.78. The molecule has 120 valence electrons. The van der Waals surface area contributed by atoms with Crippen molar-refractivity contribution in [3.63, 3.8) is 0 Å². The lowest BCUT2D eigenvalue weighted by Crippen LogP contribution is -2.53. The van der Waals surface area contributed by atoms with Crippen LogP contribution in [0.25, 0.3) is 0 Å². The zero-order chi connectivity index (χ0) is 17.0. The molecule has 23 heavy (non-hydrogen) atoms. The van der Waals surface area contributed by atoms with Gasteiger partial charge in [0.25, 0.3) is 0 Å². The molecule has 1 N–H and O–H groups in total. The van der Waals surface area contributed by atoms with Crippen LogP contribution >= 0.6 is 12.2 Å². The van der Waals surface area contributed by atoms with E-state index in [0.717, 1.165) is 31.4 Å². The molecule has 0 amide bonds. The normalized spacial score (nSPS) is 20.0. The number of benzene rings is 1. The highest BCUT2D eigenvalue weighted by Crippen LogP contribution is 2.45. The molecule has 1 saturated carbocycles. The lowest BCUT2D eigenvalue weighted by molar-refractivity contribution is -0.137. The molecule has 1 spiro atoms. The minimum Gasteiger partial charge on any atom is -0.339 e. The fourth-order valence-electron chi connectivity index (χ4n) is 3.12. The number of alkyl halides is 3. The predicted molar refractivity (Wildman–Crippen MR) is 83.3 cm³/mol. The number of hydrogen-bond acceptors (Lipinski definition) is 3. The Hall–Kier alpha value is -2.14. The van der Waals surface area contributed by atoms with Crippen LogP contribution < -0.4 is 4.90 Å². The van der Waals surface area contributed by atoms with Crippen LogP contribution in [0.1, 0.15) is 30.4 Å². The van der Waals surface area contributed by atoms with E-state index in [0.29, 0.717) is 5.11 Å². The Morgan fingerprint density at radius 3 is 2.43 bits per heavy atom. The van der Waals surface area contributed by atoms with E-state index in [1.165, 1.54) is 11.0 Å². The maximum atomic E-state index is 13.1. The second kappa shape index (κ2) is 4.93. The molecule has 1 heterocycles. The zero-order valence-electron chi connectivity index (χ0n) is 12.2. The van der Waals surface area contributed by atoms with Crippen LogP contribution in [0.3, 0.4) is 0 Å². The van der Waals surface area contributed by atoms with Crippen molar-refractivity contribution in [1.82, 2.24) is 4.90 Å². The summed E-state index contributed by atoms with van der Waals surface area (Å²) in [6.07, 6.45) is -2.14. The van der Waals surface area contributed by atoms with Crippen LogP contribution in [-0.4, -0.2) is 28.4 Å². The van der Waals surface area contributed by atoms with Crippen LogP contribution in [0.15, 0.2) is 18.2 Å². The third-order valence-electron chi connectivity index (χ3n) is 4.65. The Morgan fingerprint density at radius 1 is 1.35 bits per heavy atom. The summed E-state index contributed by atoms with van der Waals surface area (Å²) in [5.74, 6) is 0.203. The van der Waals surface area contributed by atoms with Crippen molar-refractivity contribution in [2.45, 2.75) is 31.0 Å². The molecule has 0 bridgehead atoms. The van der Waals surface area contributed by atoms with Crippen molar-refractivity contribution in [3.05, 3.63) is 29.3 Å². The van der Waals surface area contributed by atoms with E-state index in [1.807, 2.05) is 0 Å². The van der Waals surface area contributed by atoms with Gasteiger partial charge in [-0.1, -0.05) is 0 Å². The number of nitrogens with zero attached hydrogens (tertiary/aromatic N) is 3. The first-order valence-electron chi connectivity index (χ1n) is 7.01.